The third kappa shape index (κ3) is 4.45. The van der Waals surface area contributed by atoms with Gasteiger partial charge in [-0.2, -0.15) is 0 Å². The van der Waals surface area contributed by atoms with Gasteiger partial charge in [-0.05, 0) is 36.2 Å². The van der Waals surface area contributed by atoms with Crippen LogP contribution >= 0.6 is 11.8 Å². The average molecular weight is 370 g/mol. The summed E-state index contributed by atoms with van der Waals surface area (Å²) in [7, 11) is 0. The Labute approximate surface area is 157 Å². The smallest absolute Gasteiger partial charge is 0.256 e. The summed E-state index contributed by atoms with van der Waals surface area (Å²) in [6, 6.07) is 12.8. The van der Waals surface area contributed by atoms with Crippen LogP contribution in [0, 0.1) is 5.92 Å². The van der Waals surface area contributed by atoms with Crippen molar-refractivity contribution in [3.8, 4) is 0 Å². The molecule has 6 heteroatoms. The van der Waals surface area contributed by atoms with E-state index in [4.69, 9.17) is 4.74 Å². The quantitative estimate of drug-likeness (QED) is 0.759. The van der Waals surface area contributed by atoms with Gasteiger partial charge in [-0.25, -0.2) is 0 Å². The first kappa shape index (κ1) is 18.5. The molecule has 0 spiro atoms. The van der Waals surface area contributed by atoms with Crippen LogP contribution in [0.25, 0.3) is 0 Å². The number of hydrogen-bond acceptors (Lipinski definition) is 4. The van der Waals surface area contributed by atoms with E-state index in [0.29, 0.717) is 42.5 Å². The molecule has 3 rings (SSSR count). The maximum Gasteiger partial charge on any atom is 0.256 e. The molecule has 0 bridgehead atoms. The van der Waals surface area contributed by atoms with Crippen LogP contribution in [0.1, 0.15) is 34.6 Å². The first-order valence-electron chi connectivity index (χ1n) is 8.63. The highest BCUT2D eigenvalue weighted by molar-refractivity contribution is 7.99. The van der Waals surface area contributed by atoms with Gasteiger partial charge in [0.2, 0.25) is 0 Å². The lowest BCUT2D eigenvalue weighted by atomic mass is 10.1. The van der Waals surface area contributed by atoms with Crippen LogP contribution in [0.3, 0.4) is 0 Å². The van der Waals surface area contributed by atoms with E-state index in [1.54, 1.807) is 18.2 Å². The van der Waals surface area contributed by atoms with E-state index in [2.05, 4.69) is 24.5 Å². The molecule has 0 aromatic heterocycles. The highest BCUT2D eigenvalue weighted by atomic mass is 32.2. The molecular weight excluding hydrogens is 348 g/mol. The van der Waals surface area contributed by atoms with Gasteiger partial charge in [0.05, 0.1) is 17.9 Å². The van der Waals surface area contributed by atoms with Gasteiger partial charge in [0, 0.05) is 28.5 Å². The van der Waals surface area contributed by atoms with E-state index in [1.165, 1.54) is 11.8 Å². The van der Waals surface area contributed by atoms with Crippen molar-refractivity contribution in [1.29, 1.82) is 0 Å². The molecule has 0 radical (unpaired) electrons. The number of hydrogen-bond donors (Lipinski definition) is 2. The Morgan fingerprint density at radius 3 is 2.81 bits per heavy atom. The molecular formula is C20H22N2O3S. The van der Waals surface area contributed by atoms with Gasteiger partial charge < -0.3 is 15.4 Å². The second-order valence-corrected chi connectivity index (χ2v) is 7.57. The Kier molecular flexibility index (Phi) is 5.96. The zero-order chi connectivity index (χ0) is 18.5. The van der Waals surface area contributed by atoms with E-state index in [9.17, 15) is 9.59 Å². The molecule has 0 saturated heterocycles. The molecule has 1 aliphatic rings. The first-order chi connectivity index (χ1) is 12.5. The van der Waals surface area contributed by atoms with Crippen molar-refractivity contribution < 1.29 is 14.3 Å². The molecule has 136 valence electrons. The summed E-state index contributed by atoms with van der Waals surface area (Å²) in [5.74, 6) is 0.133. The van der Waals surface area contributed by atoms with Gasteiger partial charge in [0.15, 0.2) is 0 Å². The third-order valence-corrected chi connectivity index (χ3v) is 4.98. The minimum atomic E-state index is -0.179. The van der Waals surface area contributed by atoms with Crippen molar-refractivity contribution in [2.45, 2.75) is 23.6 Å². The molecule has 1 heterocycles. The fraction of sp³-hybridized carbons (Fsp3) is 0.300. The Morgan fingerprint density at radius 1 is 1.19 bits per heavy atom. The lowest BCUT2D eigenvalue weighted by Gasteiger charge is -2.10. The van der Waals surface area contributed by atoms with Gasteiger partial charge >= 0.3 is 0 Å². The van der Waals surface area contributed by atoms with Crippen molar-refractivity contribution in [2.24, 2.45) is 5.92 Å². The number of ether oxygens (including phenoxy) is 1. The van der Waals surface area contributed by atoms with Crippen molar-refractivity contribution >= 4 is 29.3 Å². The molecule has 0 saturated carbocycles. The minimum Gasteiger partial charge on any atom is -0.379 e. The molecule has 2 aromatic carbocycles. The van der Waals surface area contributed by atoms with Crippen LogP contribution < -0.4 is 10.6 Å². The Bertz CT molecular complexity index is 820. The number of amides is 2. The highest BCUT2D eigenvalue weighted by Gasteiger charge is 2.20. The number of rotatable bonds is 6. The number of fused-ring (bicyclic) bond motifs is 2. The van der Waals surface area contributed by atoms with Crippen LogP contribution in [0.4, 0.5) is 5.69 Å². The summed E-state index contributed by atoms with van der Waals surface area (Å²) in [5, 5.41) is 5.74. The fourth-order valence-electron chi connectivity index (χ4n) is 2.57. The molecule has 0 aliphatic carbocycles. The maximum atomic E-state index is 12.4. The molecule has 0 unspecified atom stereocenters. The van der Waals surface area contributed by atoms with Crippen LogP contribution in [0.15, 0.2) is 52.3 Å². The molecule has 2 N–H and O–H groups in total. The summed E-state index contributed by atoms with van der Waals surface area (Å²) < 4.78 is 5.46. The zero-order valence-corrected chi connectivity index (χ0v) is 15.7. The van der Waals surface area contributed by atoms with Gasteiger partial charge in [0.1, 0.15) is 0 Å². The molecule has 2 amide bonds. The maximum absolute atomic E-state index is 12.4. The fourth-order valence-corrected chi connectivity index (χ4v) is 3.58. The predicted molar refractivity (Wildman–Crippen MR) is 103 cm³/mol. The Hall–Kier alpha value is -2.31. The van der Waals surface area contributed by atoms with Crippen LogP contribution in [0.5, 0.6) is 0 Å². The second kappa shape index (κ2) is 8.38. The normalized spacial score (nSPS) is 12.8. The molecule has 5 nitrogen and oxygen atoms in total. The SMILES string of the molecule is CC(C)COCCNC(=O)c1ccc2c(c1)NC(=O)c1ccccc1S2. The van der Waals surface area contributed by atoms with Crippen molar-refractivity contribution in [3.05, 3.63) is 53.6 Å². The number of nitrogens with one attached hydrogen (secondary N) is 2. The topological polar surface area (TPSA) is 67.4 Å². The van der Waals surface area contributed by atoms with E-state index >= 15 is 0 Å². The van der Waals surface area contributed by atoms with E-state index in [0.717, 1.165) is 9.79 Å². The predicted octanol–water partition coefficient (Wildman–Crippen LogP) is 3.81. The van der Waals surface area contributed by atoms with Crippen LogP contribution in [-0.4, -0.2) is 31.6 Å². The summed E-state index contributed by atoms with van der Waals surface area (Å²) in [6.07, 6.45) is 0. The van der Waals surface area contributed by atoms with Crippen molar-refractivity contribution in [3.63, 3.8) is 0 Å². The average Bonchev–Trinajstić information content (AvgIpc) is 2.76. The largest absolute Gasteiger partial charge is 0.379 e. The highest BCUT2D eigenvalue weighted by Crippen LogP contribution is 2.38. The summed E-state index contributed by atoms with van der Waals surface area (Å²) in [6.45, 7) is 5.78. The van der Waals surface area contributed by atoms with E-state index < -0.39 is 0 Å². The molecule has 2 aromatic rings. The Balaban J connectivity index is 1.67. The van der Waals surface area contributed by atoms with E-state index in [1.807, 2.05) is 24.3 Å². The Morgan fingerprint density at radius 2 is 2.00 bits per heavy atom. The lowest BCUT2D eigenvalue weighted by molar-refractivity contribution is 0.0885. The van der Waals surface area contributed by atoms with Crippen LogP contribution in [0.2, 0.25) is 0 Å². The second-order valence-electron chi connectivity index (χ2n) is 6.49. The van der Waals surface area contributed by atoms with Crippen molar-refractivity contribution in [2.75, 3.05) is 25.1 Å². The molecule has 0 atom stereocenters. The molecule has 26 heavy (non-hydrogen) atoms. The van der Waals surface area contributed by atoms with Crippen LogP contribution in [-0.2, 0) is 4.74 Å². The third-order valence-electron chi connectivity index (χ3n) is 3.82. The summed E-state index contributed by atoms with van der Waals surface area (Å²) >= 11 is 1.52. The first-order valence-corrected chi connectivity index (χ1v) is 9.44. The summed E-state index contributed by atoms with van der Waals surface area (Å²) in [5.41, 5.74) is 1.81. The monoisotopic (exact) mass is 370 g/mol. The molecule has 1 aliphatic heterocycles. The van der Waals surface area contributed by atoms with E-state index in [-0.39, 0.29) is 11.8 Å². The zero-order valence-electron chi connectivity index (χ0n) is 14.9. The van der Waals surface area contributed by atoms with Gasteiger partial charge in [-0.3, -0.25) is 9.59 Å². The minimum absolute atomic E-state index is 0.161. The number of carbonyl (C=O) groups excluding carboxylic acids is 2. The molecule has 0 fully saturated rings. The lowest BCUT2D eigenvalue weighted by Crippen LogP contribution is -2.27. The number of anilines is 1. The number of benzene rings is 2. The van der Waals surface area contributed by atoms with Gasteiger partial charge in [-0.15, -0.1) is 0 Å². The van der Waals surface area contributed by atoms with Crippen molar-refractivity contribution in [1.82, 2.24) is 5.32 Å². The van der Waals surface area contributed by atoms with Gasteiger partial charge in [-0.1, -0.05) is 37.7 Å². The summed E-state index contributed by atoms with van der Waals surface area (Å²) in [4.78, 5) is 26.6. The standard InChI is InChI=1S/C20H22N2O3S/c1-13(2)12-25-10-9-21-19(23)14-7-8-18-16(11-14)22-20(24)15-5-3-4-6-17(15)26-18/h3-8,11,13H,9-10,12H2,1-2H3,(H,21,23)(H,22,24). The van der Waals surface area contributed by atoms with Gasteiger partial charge in [0.25, 0.3) is 11.8 Å². The number of carbonyl (C=O) groups is 2.